The lowest BCUT2D eigenvalue weighted by molar-refractivity contribution is 0.149. The van der Waals surface area contributed by atoms with E-state index in [9.17, 15) is 0 Å². The molecule has 0 bridgehead atoms. The van der Waals surface area contributed by atoms with E-state index in [1.165, 1.54) is 17.7 Å². The number of ether oxygens (including phenoxy) is 1. The number of hydrogen-bond acceptors (Lipinski definition) is 4. The minimum atomic E-state index is 0.711. The van der Waals surface area contributed by atoms with Crippen LogP contribution in [0.2, 0.25) is 0 Å². The van der Waals surface area contributed by atoms with Crippen molar-refractivity contribution in [2.24, 2.45) is 0 Å². The van der Waals surface area contributed by atoms with Gasteiger partial charge < -0.3 is 10.1 Å². The highest BCUT2D eigenvalue weighted by atomic mass is 16.5. The first-order chi connectivity index (χ1) is 8.85. The zero-order chi connectivity index (χ0) is 12.8. The van der Waals surface area contributed by atoms with Crippen LogP contribution in [0.5, 0.6) is 0 Å². The lowest BCUT2D eigenvalue weighted by Crippen LogP contribution is -2.11. The molecule has 0 saturated heterocycles. The van der Waals surface area contributed by atoms with Gasteiger partial charge in [-0.15, -0.1) is 0 Å². The molecule has 0 atom stereocenters. The second-order valence-corrected chi connectivity index (χ2v) is 4.64. The summed E-state index contributed by atoms with van der Waals surface area (Å²) < 4.78 is 5.38. The third-order valence-corrected chi connectivity index (χ3v) is 3.20. The first kappa shape index (κ1) is 13.3. The monoisotopic (exact) mass is 249 g/mol. The Kier molecular flexibility index (Phi) is 4.93. The van der Waals surface area contributed by atoms with E-state index in [0.717, 1.165) is 50.5 Å². The molecular formula is C14H23N3O. The highest BCUT2D eigenvalue weighted by Crippen LogP contribution is 2.26. The molecule has 0 amide bonds. The van der Waals surface area contributed by atoms with E-state index >= 15 is 0 Å². The molecule has 1 N–H and O–H groups in total. The second kappa shape index (κ2) is 6.69. The van der Waals surface area contributed by atoms with E-state index in [0.29, 0.717) is 6.61 Å². The summed E-state index contributed by atoms with van der Waals surface area (Å²) in [6.45, 7) is 6.63. The van der Waals surface area contributed by atoms with Crippen molar-refractivity contribution in [3.63, 3.8) is 0 Å². The van der Waals surface area contributed by atoms with Gasteiger partial charge in [0.25, 0.3) is 0 Å². The zero-order valence-corrected chi connectivity index (χ0v) is 11.5. The Morgan fingerprint density at radius 2 is 2.11 bits per heavy atom. The maximum absolute atomic E-state index is 5.38. The van der Waals surface area contributed by atoms with Gasteiger partial charge in [-0.25, -0.2) is 9.97 Å². The minimum absolute atomic E-state index is 0.711. The molecule has 1 aliphatic rings. The number of nitrogens with zero attached hydrogens (tertiary/aromatic N) is 2. The van der Waals surface area contributed by atoms with Crippen molar-refractivity contribution in [3.8, 4) is 0 Å². The molecule has 0 unspecified atom stereocenters. The fraction of sp³-hybridized carbons (Fsp3) is 0.714. The maximum Gasteiger partial charge on any atom is 0.133 e. The molecule has 1 aromatic heterocycles. The van der Waals surface area contributed by atoms with E-state index in [4.69, 9.17) is 4.74 Å². The topological polar surface area (TPSA) is 47.0 Å². The molecule has 0 aliphatic heterocycles. The third-order valence-electron chi connectivity index (χ3n) is 3.20. The molecule has 0 fully saturated rings. The van der Waals surface area contributed by atoms with Crippen LogP contribution >= 0.6 is 0 Å². The SMILES string of the molecule is CCCNc1nc(CCOCC)nc2c1CCC2. The highest BCUT2D eigenvalue weighted by molar-refractivity contribution is 5.48. The molecule has 0 radical (unpaired) electrons. The number of nitrogens with one attached hydrogen (secondary N) is 1. The van der Waals surface area contributed by atoms with Crippen LogP contribution in [0.1, 0.15) is 43.8 Å². The summed E-state index contributed by atoms with van der Waals surface area (Å²) in [5.41, 5.74) is 2.58. The summed E-state index contributed by atoms with van der Waals surface area (Å²) in [7, 11) is 0. The number of fused-ring (bicyclic) bond motifs is 1. The average Bonchev–Trinajstić information content (AvgIpc) is 2.84. The molecule has 0 spiro atoms. The van der Waals surface area contributed by atoms with Crippen LogP contribution in [0.25, 0.3) is 0 Å². The number of aryl methyl sites for hydroxylation is 1. The van der Waals surface area contributed by atoms with Crippen molar-refractivity contribution in [2.75, 3.05) is 25.1 Å². The van der Waals surface area contributed by atoms with Crippen LogP contribution in [0.15, 0.2) is 0 Å². The highest BCUT2D eigenvalue weighted by Gasteiger charge is 2.18. The van der Waals surface area contributed by atoms with Crippen molar-refractivity contribution < 1.29 is 4.74 Å². The molecule has 18 heavy (non-hydrogen) atoms. The van der Waals surface area contributed by atoms with Crippen LogP contribution in [-0.2, 0) is 24.0 Å². The third kappa shape index (κ3) is 3.19. The molecule has 4 heteroatoms. The summed E-state index contributed by atoms with van der Waals surface area (Å²) in [6.07, 6.45) is 5.35. The average molecular weight is 249 g/mol. The van der Waals surface area contributed by atoms with Gasteiger partial charge in [0.05, 0.1) is 6.61 Å². The molecule has 0 aromatic carbocycles. The van der Waals surface area contributed by atoms with Gasteiger partial charge in [-0.1, -0.05) is 6.92 Å². The predicted octanol–water partition coefficient (Wildman–Crippen LogP) is 2.37. The Bertz CT molecular complexity index is 393. The van der Waals surface area contributed by atoms with Gasteiger partial charge in [0.2, 0.25) is 0 Å². The summed E-state index contributed by atoms with van der Waals surface area (Å²) >= 11 is 0. The molecular weight excluding hydrogens is 226 g/mol. The molecule has 100 valence electrons. The Hall–Kier alpha value is -1.16. The van der Waals surface area contributed by atoms with Crippen molar-refractivity contribution in [3.05, 3.63) is 17.1 Å². The molecule has 1 aliphatic carbocycles. The normalized spacial score (nSPS) is 13.7. The second-order valence-electron chi connectivity index (χ2n) is 4.64. The molecule has 1 aromatic rings. The number of anilines is 1. The van der Waals surface area contributed by atoms with Gasteiger partial charge in [-0.05, 0) is 32.6 Å². The Morgan fingerprint density at radius 3 is 2.89 bits per heavy atom. The fourth-order valence-corrected chi connectivity index (χ4v) is 2.29. The van der Waals surface area contributed by atoms with Crippen molar-refractivity contribution >= 4 is 5.82 Å². The van der Waals surface area contributed by atoms with Crippen LogP contribution in [0.4, 0.5) is 5.82 Å². The quantitative estimate of drug-likeness (QED) is 0.754. The fourth-order valence-electron chi connectivity index (χ4n) is 2.29. The molecule has 0 saturated carbocycles. The van der Waals surface area contributed by atoms with E-state index in [1.54, 1.807) is 0 Å². The number of rotatable bonds is 7. The predicted molar refractivity (Wildman–Crippen MR) is 73.0 cm³/mol. The molecule has 1 heterocycles. The van der Waals surface area contributed by atoms with Gasteiger partial charge in [-0.2, -0.15) is 0 Å². The van der Waals surface area contributed by atoms with Crippen LogP contribution < -0.4 is 5.32 Å². The van der Waals surface area contributed by atoms with Gasteiger partial charge >= 0.3 is 0 Å². The lowest BCUT2D eigenvalue weighted by Gasteiger charge is -2.11. The molecule has 4 nitrogen and oxygen atoms in total. The summed E-state index contributed by atoms with van der Waals surface area (Å²) in [5, 5.41) is 3.43. The number of aromatic nitrogens is 2. The summed E-state index contributed by atoms with van der Waals surface area (Å²) in [4.78, 5) is 9.31. The van der Waals surface area contributed by atoms with Gasteiger partial charge in [0, 0.05) is 30.8 Å². The summed E-state index contributed by atoms with van der Waals surface area (Å²) in [6, 6.07) is 0. The Morgan fingerprint density at radius 1 is 1.22 bits per heavy atom. The van der Waals surface area contributed by atoms with Gasteiger partial charge in [-0.3, -0.25) is 0 Å². The maximum atomic E-state index is 5.38. The van der Waals surface area contributed by atoms with Crippen molar-refractivity contribution in [1.82, 2.24) is 9.97 Å². The summed E-state index contributed by atoms with van der Waals surface area (Å²) in [5.74, 6) is 1.98. The Labute approximate surface area is 109 Å². The van der Waals surface area contributed by atoms with Crippen LogP contribution in [0, 0.1) is 0 Å². The van der Waals surface area contributed by atoms with Crippen molar-refractivity contribution in [2.45, 2.75) is 46.0 Å². The minimum Gasteiger partial charge on any atom is -0.381 e. The van der Waals surface area contributed by atoms with E-state index in [-0.39, 0.29) is 0 Å². The van der Waals surface area contributed by atoms with E-state index in [1.807, 2.05) is 6.92 Å². The lowest BCUT2D eigenvalue weighted by atomic mass is 10.2. The zero-order valence-electron chi connectivity index (χ0n) is 11.5. The van der Waals surface area contributed by atoms with E-state index < -0.39 is 0 Å². The van der Waals surface area contributed by atoms with Crippen LogP contribution in [-0.4, -0.2) is 29.7 Å². The smallest absolute Gasteiger partial charge is 0.133 e. The largest absolute Gasteiger partial charge is 0.381 e. The van der Waals surface area contributed by atoms with Crippen molar-refractivity contribution in [1.29, 1.82) is 0 Å². The molecule has 2 rings (SSSR count). The van der Waals surface area contributed by atoms with Gasteiger partial charge in [0.1, 0.15) is 11.6 Å². The van der Waals surface area contributed by atoms with E-state index in [2.05, 4.69) is 22.2 Å². The first-order valence-corrected chi connectivity index (χ1v) is 7.05. The number of hydrogen-bond donors (Lipinski definition) is 1. The van der Waals surface area contributed by atoms with Crippen LogP contribution in [0.3, 0.4) is 0 Å². The standard InChI is InChI=1S/C14H23N3O/c1-3-9-15-14-11-6-5-7-12(11)16-13(17-14)8-10-18-4-2/h3-10H2,1-2H3,(H,15,16,17). The van der Waals surface area contributed by atoms with Gasteiger partial charge in [0.15, 0.2) is 0 Å². The Balaban J connectivity index is 2.11. The first-order valence-electron chi connectivity index (χ1n) is 7.05.